The molecule has 0 saturated carbocycles. The fourth-order valence-electron chi connectivity index (χ4n) is 4.70. The minimum absolute atomic E-state index is 0.289. The molecule has 6 rings (SSSR count). The minimum Gasteiger partial charge on any atom is -0.489 e. The zero-order chi connectivity index (χ0) is 24.2. The first-order valence-corrected chi connectivity index (χ1v) is 11.5. The molecule has 5 aromatic rings. The quantitative estimate of drug-likeness (QED) is 0.386. The zero-order valence-corrected chi connectivity index (χ0v) is 20.0. The number of nitrogens with zero attached hydrogens (tertiary/aromatic N) is 4. The molecule has 8 heteroatoms. The lowest BCUT2D eigenvalue weighted by atomic mass is 9.81. The van der Waals surface area contributed by atoms with Crippen LogP contribution < -0.4 is 15.2 Å². The Morgan fingerprint density at radius 3 is 2.69 bits per heavy atom. The van der Waals surface area contributed by atoms with Crippen LogP contribution in [0.4, 0.5) is 0 Å². The van der Waals surface area contributed by atoms with Crippen LogP contribution in [0.3, 0.4) is 0 Å². The fraction of sp³-hybridized carbons (Fsp3) is 0.148. The summed E-state index contributed by atoms with van der Waals surface area (Å²) in [7, 11) is 3.50. The first-order chi connectivity index (χ1) is 17.0. The van der Waals surface area contributed by atoms with Crippen LogP contribution in [0, 0.1) is 0 Å². The fourth-order valence-corrected chi connectivity index (χ4v) is 4.87. The Hall–Kier alpha value is -3.94. The number of nitrogens with two attached hydrogens (primary N) is 1. The van der Waals surface area contributed by atoms with Crippen molar-refractivity contribution in [3.8, 4) is 22.8 Å². The zero-order valence-electron chi connectivity index (χ0n) is 19.2. The molecule has 0 aliphatic carbocycles. The Labute approximate surface area is 207 Å². The van der Waals surface area contributed by atoms with Crippen molar-refractivity contribution in [1.29, 1.82) is 0 Å². The van der Waals surface area contributed by atoms with E-state index in [9.17, 15) is 0 Å². The van der Waals surface area contributed by atoms with Crippen LogP contribution >= 0.6 is 11.6 Å². The van der Waals surface area contributed by atoms with Gasteiger partial charge in [0, 0.05) is 29.1 Å². The normalized spacial score (nSPS) is 16.8. The predicted molar refractivity (Wildman–Crippen MR) is 135 cm³/mol. The summed E-state index contributed by atoms with van der Waals surface area (Å²) in [6.07, 6.45) is 1.65. The number of rotatable bonds is 2. The van der Waals surface area contributed by atoms with Crippen LogP contribution in [0.1, 0.15) is 22.5 Å². The van der Waals surface area contributed by atoms with E-state index in [1.807, 2.05) is 72.3 Å². The van der Waals surface area contributed by atoms with Crippen molar-refractivity contribution in [3.05, 3.63) is 101 Å². The van der Waals surface area contributed by atoms with Crippen LogP contribution in [0.2, 0.25) is 5.02 Å². The molecule has 3 aromatic carbocycles. The van der Waals surface area contributed by atoms with Gasteiger partial charge < -0.3 is 19.8 Å². The van der Waals surface area contributed by atoms with Gasteiger partial charge in [0.05, 0.1) is 12.6 Å². The highest BCUT2D eigenvalue weighted by Crippen LogP contribution is 2.39. The molecule has 0 spiro atoms. The van der Waals surface area contributed by atoms with Gasteiger partial charge in [0.25, 0.3) is 0 Å². The van der Waals surface area contributed by atoms with Gasteiger partial charge in [-0.05, 0) is 58.7 Å². The van der Waals surface area contributed by atoms with E-state index in [0.717, 1.165) is 44.5 Å². The maximum absolute atomic E-state index is 7.29. The molecule has 6 bridgehead atoms. The molecule has 1 unspecified atom stereocenters. The van der Waals surface area contributed by atoms with Crippen LogP contribution in [-0.4, -0.2) is 26.9 Å². The third kappa shape index (κ3) is 3.43. The van der Waals surface area contributed by atoms with E-state index in [0.29, 0.717) is 16.7 Å². The van der Waals surface area contributed by atoms with Crippen molar-refractivity contribution in [2.24, 2.45) is 12.8 Å². The third-order valence-corrected chi connectivity index (χ3v) is 6.92. The molecule has 3 heterocycles. The molecule has 1 aliphatic rings. The number of fused-ring (bicyclic) bond motifs is 6. The number of hydrogen-bond acceptors (Lipinski definition) is 6. The highest BCUT2D eigenvalue weighted by Gasteiger charge is 2.37. The average Bonchev–Trinajstić information content (AvgIpc) is 3.32. The van der Waals surface area contributed by atoms with Gasteiger partial charge in [-0.2, -0.15) is 0 Å². The molecule has 2 aromatic heterocycles. The van der Waals surface area contributed by atoms with Crippen molar-refractivity contribution in [2.75, 3.05) is 7.11 Å². The summed E-state index contributed by atoms with van der Waals surface area (Å²) in [5, 5.41) is 10.1. The molecule has 1 aliphatic heterocycles. The van der Waals surface area contributed by atoms with E-state index in [1.165, 1.54) is 0 Å². The number of aromatic nitrogens is 4. The Morgan fingerprint density at radius 2 is 1.89 bits per heavy atom. The Bertz CT molecular complexity index is 1600. The summed E-state index contributed by atoms with van der Waals surface area (Å²) in [5.74, 6) is 1.86. The first-order valence-electron chi connectivity index (χ1n) is 11.1. The van der Waals surface area contributed by atoms with Crippen molar-refractivity contribution >= 4 is 22.5 Å². The van der Waals surface area contributed by atoms with Gasteiger partial charge >= 0.3 is 0 Å². The second-order valence-electron chi connectivity index (χ2n) is 8.64. The van der Waals surface area contributed by atoms with Crippen LogP contribution in [0.25, 0.3) is 22.0 Å². The summed E-state index contributed by atoms with van der Waals surface area (Å²) >= 11 is 6.57. The molecular formula is C27H22ClN5O2. The lowest BCUT2D eigenvalue weighted by molar-refractivity contribution is 0.306. The molecule has 0 radical (unpaired) electrons. The minimum atomic E-state index is -1.11. The molecule has 7 nitrogen and oxygen atoms in total. The molecule has 174 valence electrons. The van der Waals surface area contributed by atoms with Gasteiger partial charge in [-0.15, -0.1) is 10.2 Å². The van der Waals surface area contributed by atoms with Gasteiger partial charge in [-0.25, -0.2) is 4.98 Å². The van der Waals surface area contributed by atoms with Crippen LogP contribution in [0.15, 0.2) is 73.1 Å². The number of hydrogen-bond donors (Lipinski definition) is 1. The van der Waals surface area contributed by atoms with E-state index >= 15 is 0 Å². The largest absolute Gasteiger partial charge is 0.489 e. The smallest absolute Gasteiger partial charge is 0.214 e. The second kappa shape index (κ2) is 8.08. The maximum atomic E-state index is 7.29. The number of ether oxygens (including phenoxy) is 2. The van der Waals surface area contributed by atoms with Crippen molar-refractivity contribution in [2.45, 2.75) is 12.1 Å². The van der Waals surface area contributed by atoms with E-state index in [-0.39, 0.29) is 6.61 Å². The first kappa shape index (κ1) is 21.6. The number of aryl methyl sites for hydroxylation is 1. The average molecular weight is 484 g/mol. The lowest BCUT2D eigenvalue weighted by Crippen LogP contribution is -2.41. The highest BCUT2D eigenvalue weighted by atomic mass is 35.5. The second-order valence-corrected chi connectivity index (χ2v) is 9.05. The van der Waals surface area contributed by atoms with Crippen LogP contribution in [-0.2, 0) is 19.2 Å². The topological polar surface area (TPSA) is 88.1 Å². The standard InChI is InChI=1S/C27H22ClN5O2/c1-33-15-30-32-26(33)27(29)18-6-8-23(28)17(10-18)14-35-20-5-3-4-16(11-20)21-13-25(34-2)31-24-9-7-19(27)12-22(21)24/h3-13,15H,14,29H2,1-2H3. The summed E-state index contributed by atoms with van der Waals surface area (Å²) in [5.41, 5.74) is 11.4. The Morgan fingerprint density at radius 1 is 1.06 bits per heavy atom. The Balaban J connectivity index is 1.73. The molecular weight excluding hydrogens is 462 g/mol. The SMILES string of the molecule is COc1cc2c3cc(ccc3n1)C(N)(c1nncn1C)c1ccc(Cl)c(c1)COc1cccc-2c1. The summed E-state index contributed by atoms with van der Waals surface area (Å²) in [4.78, 5) is 4.68. The molecule has 0 amide bonds. The van der Waals surface area contributed by atoms with Gasteiger partial charge in [0.2, 0.25) is 5.88 Å². The predicted octanol–water partition coefficient (Wildman–Crippen LogP) is 4.84. The van der Waals surface area contributed by atoms with Gasteiger partial charge in [-0.1, -0.05) is 35.9 Å². The number of benzene rings is 3. The van der Waals surface area contributed by atoms with Crippen molar-refractivity contribution in [1.82, 2.24) is 19.7 Å². The van der Waals surface area contributed by atoms with Crippen LogP contribution in [0.5, 0.6) is 11.6 Å². The van der Waals surface area contributed by atoms with E-state index in [1.54, 1.807) is 13.4 Å². The molecule has 0 fully saturated rings. The van der Waals surface area contributed by atoms with Gasteiger partial charge in [0.15, 0.2) is 5.82 Å². The third-order valence-electron chi connectivity index (χ3n) is 6.55. The summed E-state index contributed by atoms with van der Waals surface area (Å²) < 4.78 is 13.5. The molecule has 0 saturated heterocycles. The van der Waals surface area contributed by atoms with Gasteiger partial charge in [0.1, 0.15) is 24.2 Å². The van der Waals surface area contributed by atoms with E-state index in [4.69, 9.17) is 26.8 Å². The highest BCUT2D eigenvalue weighted by molar-refractivity contribution is 6.31. The monoisotopic (exact) mass is 483 g/mol. The molecule has 2 N–H and O–H groups in total. The van der Waals surface area contributed by atoms with Gasteiger partial charge in [-0.3, -0.25) is 0 Å². The summed E-state index contributed by atoms with van der Waals surface area (Å²) in [6.45, 7) is 0.289. The van der Waals surface area contributed by atoms with Crippen molar-refractivity contribution in [3.63, 3.8) is 0 Å². The number of methoxy groups -OCH3 is 1. The number of pyridine rings is 1. The molecule has 35 heavy (non-hydrogen) atoms. The summed E-state index contributed by atoms with van der Waals surface area (Å²) in [6, 6.07) is 21.7. The number of halogens is 1. The van der Waals surface area contributed by atoms with Crippen molar-refractivity contribution < 1.29 is 9.47 Å². The Kier molecular flexibility index (Phi) is 4.98. The van der Waals surface area contributed by atoms with E-state index < -0.39 is 5.54 Å². The van der Waals surface area contributed by atoms with E-state index in [2.05, 4.69) is 21.2 Å². The lowest BCUT2D eigenvalue weighted by Gasteiger charge is -2.30. The maximum Gasteiger partial charge on any atom is 0.214 e. The molecule has 1 atom stereocenters.